The molecular weight excluding hydrogens is 369 g/mol. The molecule has 1 aromatic rings. The van der Waals surface area contributed by atoms with Crippen LogP contribution >= 0.6 is 24.0 Å². The lowest BCUT2D eigenvalue weighted by Crippen LogP contribution is -2.49. The van der Waals surface area contributed by atoms with Crippen molar-refractivity contribution in [1.82, 2.24) is 10.2 Å². The third-order valence-corrected chi connectivity index (χ3v) is 3.61. The SMILES string of the molecule is Cl.FC(F)(F)c1cc(Cl)cc([C@@H](N2CCNCC2)C(F)(F)F)c1. The predicted octanol–water partition coefficient (Wildman–Crippen LogP) is 4.29. The summed E-state index contributed by atoms with van der Waals surface area (Å²) in [7, 11) is 0. The Balaban J connectivity index is 0.00000264. The second kappa shape index (κ2) is 7.46. The lowest BCUT2D eigenvalue weighted by atomic mass is 10.0. The summed E-state index contributed by atoms with van der Waals surface area (Å²) >= 11 is 5.59. The zero-order valence-electron chi connectivity index (χ0n) is 11.6. The molecule has 0 radical (unpaired) electrons. The van der Waals surface area contributed by atoms with Gasteiger partial charge in [0.1, 0.15) is 6.04 Å². The van der Waals surface area contributed by atoms with E-state index >= 15 is 0 Å². The Kier molecular flexibility index (Phi) is 6.60. The number of benzene rings is 1. The maximum absolute atomic E-state index is 13.4. The summed E-state index contributed by atoms with van der Waals surface area (Å²) in [5.74, 6) is 0. The van der Waals surface area contributed by atoms with Gasteiger partial charge in [-0.05, 0) is 23.8 Å². The van der Waals surface area contributed by atoms with Crippen LogP contribution < -0.4 is 5.32 Å². The van der Waals surface area contributed by atoms with Crippen molar-refractivity contribution < 1.29 is 26.3 Å². The average Bonchev–Trinajstić information content (AvgIpc) is 2.36. The third kappa shape index (κ3) is 5.14. The Bertz CT molecular complexity index is 526. The Morgan fingerprint density at radius 2 is 1.57 bits per heavy atom. The number of nitrogens with one attached hydrogen (secondary N) is 1. The van der Waals surface area contributed by atoms with Gasteiger partial charge in [0.05, 0.1) is 5.56 Å². The van der Waals surface area contributed by atoms with Crippen LogP contribution in [0.15, 0.2) is 18.2 Å². The Hall–Kier alpha value is -0.700. The smallest absolute Gasteiger partial charge is 0.314 e. The fraction of sp³-hybridized carbons (Fsp3) is 0.538. The number of piperazine rings is 1. The van der Waals surface area contributed by atoms with E-state index in [2.05, 4.69) is 5.32 Å². The summed E-state index contributed by atoms with van der Waals surface area (Å²) in [6, 6.07) is -0.0198. The quantitative estimate of drug-likeness (QED) is 0.767. The van der Waals surface area contributed by atoms with Crippen LogP contribution in [0.4, 0.5) is 26.3 Å². The molecule has 0 amide bonds. The van der Waals surface area contributed by atoms with Crippen LogP contribution in [0.25, 0.3) is 0 Å². The van der Waals surface area contributed by atoms with E-state index in [1.54, 1.807) is 0 Å². The lowest BCUT2D eigenvalue weighted by molar-refractivity contribution is -0.188. The first kappa shape index (κ1) is 20.3. The van der Waals surface area contributed by atoms with Crippen LogP contribution in [0.5, 0.6) is 0 Å². The molecule has 132 valence electrons. The molecule has 1 fully saturated rings. The van der Waals surface area contributed by atoms with Gasteiger partial charge in [0.25, 0.3) is 0 Å². The highest BCUT2D eigenvalue weighted by atomic mass is 35.5. The fourth-order valence-corrected chi connectivity index (χ4v) is 2.72. The molecule has 0 unspecified atom stereocenters. The van der Waals surface area contributed by atoms with Gasteiger partial charge in [0, 0.05) is 31.2 Å². The van der Waals surface area contributed by atoms with Gasteiger partial charge in [-0.25, -0.2) is 0 Å². The summed E-state index contributed by atoms with van der Waals surface area (Å²) in [4.78, 5) is 1.11. The number of rotatable bonds is 2. The van der Waals surface area contributed by atoms with Gasteiger partial charge in [-0.15, -0.1) is 12.4 Å². The first-order valence-corrected chi connectivity index (χ1v) is 6.86. The van der Waals surface area contributed by atoms with E-state index in [0.29, 0.717) is 25.2 Å². The second-order valence-corrected chi connectivity index (χ2v) is 5.44. The highest BCUT2D eigenvalue weighted by Gasteiger charge is 2.45. The van der Waals surface area contributed by atoms with E-state index in [9.17, 15) is 26.3 Å². The van der Waals surface area contributed by atoms with Crippen molar-refractivity contribution in [2.45, 2.75) is 18.4 Å². The largest absolute Gasteiger partial charge is 0.416 e. The van der Waals surface area contributed by atoms with Crippen molar-refractivity contribution in [1.29, 1.82) is 0 Å². The minimum Gasteiger partial charge on any atom is -0.314 e. The average molecular weight is 383 g/mol. The van der Waals surface area contributed by atoms with Crippen molar-refractivity contribution in [3.63, 3.8) is 0 Å². The first-order valence-electron chi connectivity index (χ1n) is 6.48. The van der Waals surface area contributed by atoms with Crippen LogP contribution in [-0.2, 0) is 6.18 Å². The predicted molar refractivity (Wildman–Crippen MR) is 76.9 cm³/mol. The van der Waals surface area contributed by atoms with Crippen LogP contribution in [0.3, 0.4) is 0 Å². The summed E-state index contributed by atoms with van der Waals surface area (Å²) in [6.07, 6.45) is -9.44. The van der Waals surface area contributed by atoms with Gasteiger partial charge < -0.3 is 5.32 Å². The third-order valence-electron chi connectivity index (χ3n) is 3.39. The zero-order chi connectivity index (χ0) is 16.5. The van der Waals surface area contributed by atoms with Crippen LogP contribution in [-0.4, -0.2) is 37.3 Å². The molecule has 23 heavy (non-hydrogen) atoms. The number of hydrogen-bond donors (Lipinski definition) is 1. The van der Waals surface area contributed by atoms with Gasteiger partial charge in [-0.2, -0.15) is 26.3 Å². The number of alkyl halides is 6. The molecule has 1 atom stereocenters. The lowest BCUT2D eigenvalue weighted by Gasteiger charge is -2.36. The van der Waals surface area contributed by atoms with Gasteiger partial charge in [-0.1, -0.05) is 11.6 Å². The van der Waals surface area contributed by atoms with Gasteiger partial charge in [0.15, 0.2) is 0 Å². The summed E-state index contributed by atoms with van der Waals surface area (Å²) in [5.41, 5.74) is -1.67. The van der Waals surface area contributed by atoms with Crippen LogP contribution in [0, 0.1) is 0 Å². The molecule has 0 spiro atoms. The molecule has 10 heteroatoms. The molecule has 2 nitrogen and oxygen atoms in total. The molecule has 0 saturated carbocycles. The molecule has 1 aromatic carbocycles. The normalized spacial score (nSPS) is 18.4. The summed E-state index contributed by atoms with van der Waals surface area (Å²) < 4.78 is 78.5. The fourth-order valence-electron chi connectivity index (χ4n) is 2.48. The molecule has 1 aliphatic heterocycles. The number of hydrogen-bond acceptors (Lipinski definition) is 2. The van der Waals surface area contributed by atoms with E-state index < -0.39 is 29.5 Å². The Morgan fingerprint density at radius 3 is 2.04 bits per heavy atom. The zero-order valence-corrected chi connectivity index (χ0v) is 13.2. The van der Waals surface area contributed by atoms with Crippen molar-refractivity contribution in [2.75, 3.05) is 26.2 Å². The van der Waals surface area contributed by atoms with Crippen molar-refractivity contribution in [2.24, 2.45) is 0 Å². The molecular formula is C13H14Cl2F6N2. The minimum absolute atomic E-state index is 0. The van der Waals surface area contributed by atoms with Gasteiger partial charge in [0.2, 0.25) is 0 Å². The van der Waals surface area contributed by atoms with E-state index in [4.69, 9.17) is 11.6 Å². The highest BCUT2D eigenvalue weighted by molar-refractivity contribution is 6.30. The molecule has 0 aromatic heterocycles. The molecule has 2 rings (SSSR count). The van der Waals surface area contributed by atoms with E-state index in [1.165, 1.54) is 0 Å². The molecule has 1 N–H and O–H groups in total. The monoisotopic (exact) mass is 382 g/mol. The van der Waals surface area contributed by atoms with E-state index in [-0.39, 0.29) is 30.5 Å². The van der Waals surface area contributed by atoms with Gasteiger partial charge >= 0.3 is 12.4 Å². The van der Waals surface area contributed by atoms with Crippen molar-refractivity contribution in [3.8, 4) is 0 Å². The topological polar surface area (TPSA) is 15.3 Å². The van der Waals surface area contributed by atoms with Crippen molar-refractivity contribution in [3.05, 3.63) is 34.3 Å². The molecule has 0 aliphatic carbocycles. The number of halogens is 8. The summed E-state index contributed by atoms with van der Waals surface area (Å²) in [5, 5.41) is 2.54. The Labute approximate surface area is 140 Å². The second-order valence-electron chi connectivity index (χ2n) is 5.00. The van der Waals surface area contributed by atoms with Crippen LogP contribution in [0.2, 0.25) is 5.02 Å². The molecule has 0 bridgehead atoms. The van der Waals surface area contributed by atoms with Crippen molar-refractivity contribution >= 4 is 24.0 Å². The molecule has 1 saturated heterocycles. The van der Waals surface area contributed by atoms with E-state index in [0.717, 1.165) is 11.0 Å². The van der Waals surface area contributed by atoms with Crippen LogP contribution in [0.1, 0.15) is 17.2 Å². The standard InChI is InChI=1S/C13H13ClF6N2.ClH/c14-10-6-8(5-9(7-10)12(15,16)17)11(13(18,19)20)22-3-1-21-2-4-22;/h5-7,11,21H,1-4H2;1H/t11-;/m1./s1. The van der Waals surface area contributed by atoms with E-state index in [1.807, 2.05) is 0 Å². The summed E-state index contributed by atoms with van der Waals surface area (Å²) in [6.45, 7) is 0.884. The maximum Gasteiger partial charge on any atom is 0.416 e. The first-order chi connectivity index (χ1) is 10.1. The van der Waals surface area contributed by atoms with Gasteiger partial charge in [-0.3, -0.25) is 4.90 Å². The minimum atomic E-state index is -4.75. The molecule has 1 aliphatic rings. The maximum atomic E-state index is 13.4. The Morgan fingerprint density at radius 1 is 1.00 bits per heavy atom. The number of nitrogens with zero attached hydrogens (tertiary/aromatic N) is 1. The highest BCUT2D eigenvalue weighted by Crippen LogP contribution is 2.41. The molecule has 1 heterocycles.